The van der Waals surface area contributed by atoms with Crippen LogP contribution in [0.2, 0.25) is 0 Å². The van der Waals surface area contributed by atoms with Gasteiger partial charge in [0.25, 0.3) is 11.6 Å². The number of aromatic nitrogens is 1. The molecule has 3 heterocycles. The lowest BCUT2D eigenvalue weighted by molar-refractivity contribution is -0.384. The number of benzene rings is 1. The number of nitro benzene ring substituents is 1. The number of nitrogens with one attached hydrogen (secondary N) is 1. The Morgan fingerprint density at radius 3 is 2.68 bits per heavy atom. The van der Waals surface area contributed by atoms with E-state index in [4.69, 9.17) is 0 Å². The maximum Gasteiger partial charge on any atom is 0.293 e. The predicted octanol–water partition coefficient (Wildman–Crippen LogP) is 3.53. The van der Waals surface area contributed by atoms with Crippen LogP contribution in [0.5, 0.6) is 0 Å². The maximum absolute atomic E-state index is 13.2. The molecule has 31 heavy (non-hydrogen) atoms. The normalized spacial score (nSPS) is 19.5. The van der Waals surface area contributed by atoms with Crippen molar-refractivity contribution >= 4 is 39.7 Å². The van der Waals surface area contributed by atoms with Crippen molar-refractivity contribution < 1.29 is 14.5 Å². The van der Waals surface area contributed by atoms with Gasteiger partial charge in [0.05, 0.1) is 4.92 Å². The summed E-state index contributed by atoms with van der Waals surface area (Å²) in [5, 5.41) is 16.8. The van der Waals surface area contributed by atoms with E-state index in [1.807, 2.05) is 4.90 Å². The first-order valence-electron chi connectivity index (χ1n) is 10.5. The smallest absolute Gasteiger partial charge is 0.293 e. The van der Waals surface area contributed by atoms with Crippen LogP contribution in [0.15, 0.2) is 29.8 Å². The van der Waals surface area contributed by atoms with Crippen molar-refractivity contribution in [1.29, 1.82) is 0 Å². The Hall–Kier alpha value is -3.01. The highest BCUT2D eigenvalue weighted by atomic mass is 32.1. The van der Waals surface area contributed by atoms with Gasteiger partial charge < -0.3 is 15.1 Å². The molecule has 2 aromatic rings. The standard InChI is InChI=1S/C21H25N5O4S/c1-14-6-10-24(11-7-14)16-5-4-15(13-18(16)26(29)30)20(28)25-9-2-3-17(25)19(27)23-21-22-8-12-31-21/h4-5,8,12-14,17H,2-3,6-7,9-11H2,1H3,(H,22,23,27). The van der Waals surface area contributed by atoms with Gasteiger partial charge in [0, 0.05) is 42.8 Å². The number of carbonyl (C=O) groups is 2. The van der Waals surface area contributed by atoms with Crippen molar-refractivity contribution in [3.63, 3.8) is 0 Å². The van der Waals surface area contributed by atoms with E-state index in [9.17, 15) is 19.7 Å². The highest BCUT2D eigenvalue weighted by Crippen LogP contribution is 2.33. The SMILES string of the molecule is CC1CCN(c2ccc(C(=O)N3CCCC3C(=O)Nc3nccs3)cc2[N+](=O)[O-])CC1. The topological polar surface area (TPSA) is 109 Å². The molecule has 1 aromatic heterocycles. The molecule has 2 saturated heterocycles. The molecule has 0 spiro atoms. The van der Waals surface area contributed by atoms with Crippen molar-refractivity contribution in [3.05, 3.63) is 45.5 Å². The van der Waals surface area contributed by atoms with Crippen LogP contribution in [0.25, 0.3) is 0 Å². The number of carbonyl (C=O) groups excluding carboxylic acids is 2. The van der Waals surface area contributed by atoms with Crippen molar-refractivity contribution in [3.8, 4) is 0 Å². The molecule has 0 radical (unpaired) electrons. The Labute approximate surface area is 184 Å². The zero-order valence-corrected chi connectivity index (χ0v) is 18.1. The van der Waals surface area contributed by atoms with E-state index in [1.165, 1.54) is 22.3 Å². The van der Waals surface area contributed by atoms with E-state index >= 15 is 0 Å². The Morgan fingerprint density at radius 2 is 2.00 bits per heavy atom. The van der Waals surface area contributed by atoms with E-state index in [2.05, 4.69) is 17.2 Å². The van der Waals surface area contributed by atoms with Gasteiger partial charge in [0.1, 0.15) is 11.7 Å². The number of hydrogen-bond acceptors (Lipinski definition) is 7. The highest BCUT2D eigenvalue weighted by Gasteiger charge is 2.36. The average Bonchev–Trinajstić information content (AvgIpc) is 3.45. The van der Waals surface area contributed by atoms with Gasteiger partial charge in [-0.15, -0.1) is 11.3 Å². The molecule has 9 nitrogen and oxygen atoms in total. The van der Waals surface area contributed by atoms with E-state index in [-0.39, 0.29) is 23.1 Å². The van der Waals surface area contributed by atoms with Crippen LogP contribution in [-0.2, 0) is 4.79 Å². The zero-order valence-electron chi connectivity index (χ0n) is 17.3. The summed E-state index contributed by atoms with van der Waals surface area (Å²) in [6.07, 6.45) is 4.83. The molecule has 0 bridgehead atoms. The molecule has 0 aliphatic carbocycles. The van der Waals surface area contributed by atoms with E-state index in [0.717, 1.165) is 25.9 Å². The highest BCUT2D eigenvalue weighted by molar-refractivity contribution is 7.13. The maximum atomic E-state index is 13.2. The molecular weight excluding hydrogens is 418 g/mol. The van der Waals surface area contributed by atoms with Crippen molar-refractivity contribution in [2.45, 2.75) is 38.6 Å². The summed E-state index contributed by atoms with van der Waals surface area (Å²) in [6.45, 7) is 4.15. The van der Waals surface area contributed by atoms with Crippen LogP contribution in [0, 0.1) is 16.0 Å². The number of thiazole rings is 1. The second-order valence-electron chi connectivity index (χ2n) is 8.11. The first-order chi connectivity index (χ1) is 14.9. The van der Waals surface area contributed by atoms with Crippen molar-refractivity contribution in [2.75, 3.05) is 29.9 Å². The largest absolute Gasteiger partial charge is 0.366 e. The van der Waals surface area contributed by atoms with E-state index in [0.29, 0.717) is 36.1 Å². The van der Waals surface area contributed by atoms with Gasteiger partial charge in [-0.3, -0.25) is 19.7 Å². The third kappa shape index (κ3) is 4.53. The van der Waals surface area contributed by atoms with Gasteiger partial charge in [-0.05, 0) is 43.7 Å². The van der Waals surface area contributed by atoms with Gasteiger partial charge in [0.2, 0.25) is 5.91 Å². The summed E-state index contributed by atoms with van der Waals surface area (Å²) < 4.78 is 0. The molecule has 4 rings (SSSR count). The molecule has 10 heteroatoms. The number of anilines is 2. The summed E-state index contributed by atoms with van der Waals surface area (Å²) >= 11 is 1.31. The molecule has 2 aliphatic rings. The number of hydrogen-bond donors (Lipinski definition) is 1. The minimum atomic E-state index is -0.612. The minimum Gasteiger partial charge on any atom is -0.366 e. The van der Waals surface area contributed by atoms with Gasteiger partial charge >= 0.3 is 0 Å². The third-order valence-electron chi connectivity index (χ3n) is 6.02. The summed E-state index contributed by atoms with van der Waals surface area (Å²) in [6, 6.07) is 4.04. The predicted molar refractivity (Wildman–Crippen MR) is 119 cm³/mol. The molecule has 2 fully saturated rings. The fourth-order valence-electron chi connectivity index (χ4n) is 4.24. The summed E-state index contributed by atoms with van der Waals surface area (Å²) in [7, 11) is 0. The molecule has 1 atom stereocenters. The lowest BCUT2D eigenvalue weighted by Crippen LogP contribution is -2.43. The number of rotatable bonds is 5. The Kier molecular flexibility index (Phi) is 6.17. The Morgan fingerprint density at radius 1 is 1.23 bits per heavy atom. The van der Waals surface area contributed by atoms with Crippen LogP contribution >= 0.6 is 11.3 Å². The molecule has 1 aromatic carbocycles. The van der Waals surface area contributed by atoms with E-state index < -0.39 is 11.0 Å². The third-order valence-corrected chi connectivity index (χ3v) is 6.71. The first-order valence-corrected chi connectivity index (χ1v) is 11.4. The lowest BCUT2D eigenvalue weighted by atomic mass is 9.98. The quantitative estimate of drug-likeness (QED) is 0.559. The molecule has 164 valence electrons. The number of likely N-dealkylation sites (tertiary alicyclic amines) is 1. The van der Waals surface area contributed by atoms with Gasteiger partial charge in [-0.2, -0.15) is 0 Å². The number of amides is 2. The van der Waals surface area contributed by atoms with E-state index in [1.54, 1.807) is 23.7 Å². The van der Waals surface area contributed by atoms with Crippen LogP contribution in [0.3, 0.4) is 0 Å². The second-order valence-corrected chi connectivity index (χ2v) is 9.01. The van der Waals surface area contributed by atoms with Gasteiger partial charge in [-0.25, -0.2) is 4.98 Å². The zero-order chi connectivity index (χ0) is 22.0. The average molecular weight is 444 g/mol. The Balaban J connectivity index is 1.54. The minimum absolute atomic E-state index is 0.0663. The second kappa shape index (κ2) is 9.01. The molecular formula is C21H25N5O4S. The van der Waals surface area contributed by atoms with Crippen LogP contribution in [0.4, 0.5) is 16.5 Å². The molecule has 2 amide bonds. The van der Waals surface area contributed by atoms with Crippen LogP contribution in [-0.4, -0.2) is 52.3 Å². The molecule has 1 N–H and O–H groups in total. The molecule has 2 aliphatic heterocycles. The monoisotopic (exact) mass is 443 g/mol. The van der Waals surface area contributed by atoms with Crippen LogP contribution in [0.1, 0.15) is 43.0 Å². The van der Waals surface area contributed by atoms with Gasteiger partial charge in [0.15, 0.2) is 5.13 Å². The van der Waals surface area contributed by atoms with Crippen LogP contribution < -0.4 is 10.2 Å². The van der Waals surface area contributed by atoms with Crippen molar-refractivity contribution in [2.24, 2.45) is 5.92 Å². The first kappa shape index (κ1) is 21.2. The number of piperidine rings is 1. The van der Waals surface area contributed by atoms with Gasteiger partial charge in [-0.1, -0.05) is 6.92 Å². The lowest BCUT2D eigenvalue weighted by Gasteiger charge is -2.32. The Bertz CT molecular complexity index is 972. The summed E-state index contributed by atoms with van der Waals surface area (Å²) in [5.74, 6) is -0.0353. The number of nitrogens with zero attached hydrogens (tertiary/aromatic N) is 4. The fraction of sp³-hybridized carbons (Fsp3) is 0.476. The fourth-order valence-corrected chi connectivity index (χ4v) is 4.77. The van der Waals surface area contributed by atoms with Crippen molar-refractivity contribution in [1.82, 2.24) is 9.88 Å². The summed E-state index contributed by atoms with van der Waals surface area (Å²) in [5.41, 5.74) is 0.714. The number of nitro groups is 1. The molecule has 0 saturated carbocycles. The summed E-state index contributed by atoms with van der Waals surface area (Å²) in [4.78, 5) is 44.7. The molecule has 1 unspecified atom stereocenters.